The van der Waals surface area contributed by atoms with Crippen molar-refractivity contribution in [3.63, 3.8) is 0 Å². The number of anilines is 1. The number of nitro benzene ring substituents is 1. The Bertz CT molecular complexity index is 516. The highest BCUT2D eigenvalue weighted by molar-refractivity contribution is 5.98. The van der Waals surface area contributed by atoms with Gasteiger partial charge in [0.15, 0.2) is 5.84 Å². The predicted octanol–water partition coefficient (Wildman–Crippen LogP) is 0.896. The van der Waals surface area contributed by atoms with Gasteiger partial charge >= 0.3 is 0 Å². The molecule has 8 nitrogen and oxygen atoms in total. The summed E-state index contributed by atoms with van der Waals surface area (Å²) in [4.78, 5) is 12.4. The minimum atomic E-state index is -0.532. The molecule has 1 rings (SSSR count). The van der Waals surface area contributed by atoms with Crippen molar-refractivity contribution >= 4 is 17.2 Å². The number of aliphatic hydroxyl groups excluding tert-OH is 1. The molecule has 0 unspecified atom stereocenters. The van der Waals surface area contributed by atoms with Crippen LogP contribution < -0.4 is 10.6 Å². The van der Waals surface area contributed by atoms with Gasteiger partial charge in [-0.1, -0.05) is 5.16 Å². The highest BCUT2D eigenvalue weighted by Crippen LogP contribution is 2.30. The van der Waals surface area contributed by atoms with Crippen LogP contribution in [-0.4, -0.2) is 40.3 Å². The van der Waals surface area contributed by atoms with E-state index in [1.165, 1.54) is 18.2 Å². The predicted molar refractivity (Wildman–Crippen MR) is 75.2 cm³/mol. The Morgan fingerprint density at radius 2 is 2.20 bits per heavy atom. The van der Waals surface area contributed by atoms with Crippen LogP contribution in [0.5, 0.6) is 0 Å². The summed E-state index contributed by atoms with van der Waals surface area (Å²) >= 11 is 0. The third-order valence-corrected chi connectivity index (χ3v) is 2.85. The molecule has 20 heavy (non-hydrogen) atoms. The van der Waals surface area contributed by atoms with E-state index in [0.29, 0.717) is 5.69 Å². The maximum absolute atomic E-state index is 11.2. The summed E-state index contributed by atoms with van der Waals surface area (Å²) in [7, 11) is 0. The number of benzene rings is 1. The molecule has 0 aliphatic rings. The lowest BCUT2D eigenvalue weighted by molar-refractivity contribution is -0.384. The number of nitro groups is 1. The van der Waals surface area contributed by atoms with Gasteiger partial charge in [0.2, 0.25) is 0 Å². The first-order valence-electron chi connectivity index (χ1n) is 6.06. The first-order valence-corrected chi connectivity index (χ1v) is 6.06. The van der Waals surface area contributed by atoms with Gasteiger partial charge in [0, 0.05) is 24.2 Å². The van der Waals surface area contributed by atoms with E-state index in [1.807, 2.05) is 13.8 Å². The van der Waals surface area contributed by atoms with Crippen LogP contribution >= 0.6 is 0 Å². The maximum Gasteiger partial charge on any atom is 0.293 e. The normalized spacial score (nSPS) is 11.7. The van der Waals surface area contributed by atoms with E-state index in [-0.39, 0.29) is 36.3 Å². The topological polar surface area (TPSA) is 125 Å². The van der Waals surface area contributed by atoms with Crippen molar-refractivity contribution in [3.8, 4) is 0 Å². The highest BCUT2D eigenvalue weighted by Gasteiger charge is 2.22. The second-order valence-electron chi connectivity index (χ2n) is 4.46. The van der Waals surface area contributed by atoms with Crippen molar-refractivity contribution in [1.82, 2.24) is 0 Å². The number of rotatable bonds is 6. The van der Waals surface area contributed by atoms with Gasteiger partial charge in [-0.2, -0.15) is 0 Å². The third-order valence-electron chi connectivity index (χ3n) is 2.85. The van der Waals surface area contributed by atoms with Crippen LogP contribution in [0.1, 0.15) is 19.4 Å². The van der Waals surface area contributed by atoms with Crippen LogP contribution in [0.15, 0.2) is 23.4 Å². The Labute approximate surface area is 116 Å². The van der Waals surface area contributed by atoms with Gasteiger partial charge in [0.1, 0.15) is 5.69 Å². The van der Waals surface area contributed by atoms with Gasteiger partial charge in [-0.3, -0.25) is 10.1 Å². The molecular formula is C12H18N4O4. The lowest BCUT2D eigenvalue weighted by Crippen LogP contribution is -2.34. The van der Waals surface area contributed by atoms with E-state index in [9.17, 15) is 10.1 Å². The fourth-order valence-electron chi connectivity index (χ4n) is 1.89. The number of hydrogen-bond acceptors (Lipinski definition) is 6. The van der Waals surface area contributed by atoms with Crippen molar-refractivity contribution in [2.24, 2.45) is 10.9 Å². The van der Waals surface area contributed by atoms with Crippen molar-refractivity contribution in [1.29, 1.82) is 0 Å². The smallest absolute Gasteiger partial charge is 0.293 e. The number of aliphatic hydroxyl groups is 1. The van der Waals surface area contributed by atoms with E-state index in [0.717, 1.165) is 0 Å². The molecule has 4 N–H and O–H groups in total. The molecule has 0 bridgehead atoms. The van der Waals surface area contributed by atoms with E-state index in [2.05, 4.69) is 5.16 Å². The number of nitrogens with zero attached hydrogens (tertiary/aromatic N) is 3. The zero-order valence-electron chi connectivity index (χ0n) is 11.4. The molecule has 0 amide bonds. The van der Waals surface area contributed by atoms with Gasteiger partial charge in [-0.15, -0.1) is 0 Å². The Morgan fingerprint density at radius 3 is 2.65 bits per heavy atom. The van der Waals surface area contributed by atoms with Gasteiger partial charge in [0.25, 0.3) is 5.69 Å². The molecule has 0 spiro atoms. The van der Waals surface area contributed by atoms with E-state index >= 15 is 0 Å². The Morgan fingerprint density at radius 1 is 1.55 bits per heavy atom. The number of nitrogens with two attached hydrogens (primary N) is 1. The first-order chi connectivity index (χ1) is 9.42. The summed E-state index contributed by atoms with van der Waals surface area (Å²) in [6.07, 6.45) is 0. The van der Waals surface area contributed by atoms with Crippen LogP contribution in [0.2, 0.25) is 0 Å². The lowest BCUT2D eigenvalue weighted by atomic mass is 10.1. The van der Waals surface area contributed by atoms with Crippen LogP contribution in [0.25, 0.3) is 0 Å². The molecule has 0 saturated carbocycles. The van der Waals surface area contributed by atoms with E-state index in [1.54, 1.807) is 4.90 Å². The Balaban J connectivity index is 3.35. The molecule has 1 aromatic rings. The Kier molecular flexibility index (Phi) is 5.27. The zero-order valence-corrected chi connectivity index (χ0v) is 11.4. The minimum absolute atomic E-state index is 0.0180. The van der Waals surface area contributed by atoms with Crippen LogP contribution in [0.4, 0.5) is 11.4 Å². The zero-order chi connectivity index (χ0) is 15.3. The van der Waals surface area contributed by atoms with E-state index in [4.69, 9.17) is 16.0 Å². The van der Waals surface area contributed by atoms with Gasteiger partial charge < -0.3 is 20.9 Å². The fraction of sp³-hybridized carbons (Fsp3) is 0.417. The SMILES string of the molecule is CC(C)N(CCO)c1ccc(C(N)=NO)cc1[N+](=O)[O-]. The monoisotopic (exact) mass is 282 g/mol. The summed E-state index contributed by atoms with van der Waals surface area (Å²) in [6.45, 7) is 3.91. The molecule has 0 saturated heterocycles. The highest BCUT2D eigenvalue weighted by atomic mass is 16.6. The fourth-order valence-corrected chi connectivity index (χ4v) is 1.89. The minimum Gasteiger partial charge on any atom is -0.409 e. The molecule has 0 aliphatic carbocycles. The van der Waals surface area contributed by atoms with Crippen LogP contribution in [-0.2, 0) is 0 Å². The standard InChI is InChI=1S/C12H18N4O4/c1-8(2)15(5-6-17)10-4-3-9(12(13)14-18)7-11(10)16(19)20/h3-4,7-8,17-18H,5-6H2,1-2H3,(H2,13,14). The molecule has 1 aromatic carbocycles. The summed E-state index contributed by atoms with van der Waals surface area (Å²) in [5.74, 6) is -0.196. The summed E-state index contributed by atoms with van der Waals surface area (Å²) in [5.41, 5.74) is 5.92. The van der Waals surface area contributed by atoms with E-state index < -0.39 is 4.92 Å². The summed E-state index contributed by atoms with van der Waals surface area (Å²) in [6, 6.07) is 4.29. The maximum atomic E-state index is 11.2. The second kappa shape index (κ2) is 6.71. The molecule has 0 aliphatic heterocycles. The largest absolute Gasteiger partial charge is 0.409 e. The van der Waals surface area contributed by atoms with Gasteiger partial charge in [-0.05, 0) is 26.0 Å². The first kappa shape index (κ1) is 15.7. The van der Waals surface area contributed by atoms with Crippen molar-refractivity contribution in [2.75, 3.05) is 18.1 Å². The quantitative estimate of drug-likeness (QED) is 0.234. The van der Waals surface area contributed by atoms with Crippen molar-refractivity contribution < 1.29 is 15.2 Å². The second-order valence-corrected chi connectivity index (χ2v) is 4.46. The van der Waals surface area contributed by atoms with Crippen molar-refractivity contribution in [2.45, 2.75) is 19.9 Å². The number of hydrogen-bond donors (Lipinski definition) is 3. The van der Waals surface area contributed by atoms with Gasteiger partial charge in [0.05, 0.1) is 11.5 Å². The molecule has 110 valence electrons. The molecular weight excluding hydrogens is 264 g/mol. The molecule has 0 atom stereocenters. The number of amidine groups is 1. The average Bonchev–Trinajstić information content (AvgIpc) is 2.42. The molecule has 0 radical (unpaired) electrons. The molecule has 0 aromatic heterocycles. The van der Waals surface area contributed by atoms with Crippen LogP contribution in [0.3, 0.4) is 0 Å². The third kappa shape index (κ3) is 3.35. The summed E-state index contributed by atoms with van der Waals surface area (Å²) in [5, 5.41) is 31.7. The molecule has 0 heterocycles. The molecule has 8 heteroatoms. The lowest BCUT2D eigenvalue weighted by Gasteiger charge is -2.27. The van der Waals surface area contributed by atoms with Crippen molar-refractivity contribution in [3.05, 3.63) is 33.9 Å². The average molecular weight is 282 g/mol. The number of oxime groups is 1. The van der Waals surface area contributed by atoms with Crippen LogP contribution in [0, 0.1) is 10.1 Å². The van der Waals surface area contributed by atoms with Gasteiger partial charge in [-0.25, -0.2) is 0 Å². The molecule has 0 fully saturated rings. The summed E-state index contributed by atoms with van der Waals surface area (Å²) < 4.78 is 0. The Hall–Kier alpha value is -2.35.